The maximum absolute atomic E-state index is 9.45. The van der Waals surface area contributed by atoms with Crippen LogP contribution in [0.4, 0.5) is 5.82 Å². The minimum atomic E-state index is 0.200. The first kappa shape index (κ1) is 11.6. The van der Waals surface area contributed by atoms with Crippen molar-refractivity contribution in [3.63, 3.8) is 0 Å². The molecule has 0 unspecified atom stereocenters. The van der Waals surface area contributed by atoms with E-state index in [-0.39, 0.29) is 12.4 Å². The van der Waals surface area contributed by atoms with Crippen LogP contribution in [0.3, 0.4) is 0 Å². The minimum Gasteiger partial charge on any atom is -0.508 e. The number of aliphatic hydroxyl groups is 1. The Morgan fingerprint density at radius 3 is 2.88 bits per heavy atom. The van der Waals surface area contributed by atoms with Crippen molar-refractivity contribution in [3.05, 3.63) is 24.5 Å². The number of nitrogens with one attached hydrogen (secondary N) is 1. The Bertz CT molecular complexity index is 502. The Kier molecular flexibility index (Phi) is 3.72. The van der Waals surface area contributed by atoms with Gasteiger partial charge in [0, 0.05) is 18.5 Å². The molecular weight excluding hydrogens is 218 g/mol. The molecule has 1 aromatic heterocycles. The maximum Gasteiger partial charge on any atom is 0.137 e. The Balaban J connectivity index is 2.18. The monoisotopic (exact) mass is 233 g/mol. The average molecular weight is 233 g/mol. The highest BCUT2D eigenvalue weighted by Crippen LogP contribution is 2.23. The van der Waals surface area contributed by atoms with Crippen molar-refractivity contribution in [3.8, 4) is 5.75 Å². The summed E-state index contributed by atoms with van der Waals surface area (Å²) in [6.07, 6.45) is 3.13. The van der Waals surface area contributed by atoms with E-state index >= 15 is 0 Å². The summed E-state index contributed by atoms with van der Waals surface area (Å²) in [7, 11) is 0. The van der Waals surface area contributed by atoms with Crippen molar-refractivity contribution in [1.82, 2.24) is 9.97 Å². The fraction of sp³-hybridized carbons (Fsp3) is 0.333. The lowest BCUT2D eigenvalue weighted by Gasteiger charge is -2.07. The second-order valence-electron chi connectivity index (χ2n) is 3.78. The van der Waals surface area contributed by atoms with E-state index in [1.807, 2.05) is 0 Å². The Labute approximate surface area is 99.2 Å². The molecule has 0 aliphatic carbocycles. The Morgan fingerprint density at radius 1 is 1.18 bits per heavy atom. The van der Waals surface area contributed by atoms with Crippen LogP contribution < -0.4 is 5.32 Å². The number of hydrogen-bond acceptors (Lipinski definition) is 5. The quantitative estimate of drug-likeness (QED) is 0.682. The zero-order valence-electron chi connectivity index (χ0n) is 9.43. The molecule has 0 fully saturated rings. The van der Waals surface area contributed by atoms with Crippen LogP contribution in [0.15, 0.2) is 24.5 Å². The molecule has 1 heterocycles. The highest BCUT2D eigenvalue weighted by molar-refractivity contribution is 5.89. The highest BCUT2D eigenvalue weighted by Gasteiger charge is 2.03. The molecule has 0 aliphatic rings. The molecule has 5 heteroatoms. The number of phenolic OH excluding ortho intramolecular Hbond substituents is 1. The second-order valence-corrected chi connectivity index (χ2v) is 3.78. The summed E-state index contributed by atoms with van der Waals surface area (Å²) in [6.45, 7) is 0.940. The Hall–Kier alpha value is -1.88. The number of unbranched alkanes of at least 4 members (excludes halogenated alkanes) is 1. The zero-order valence-corrected chi connectivity index (χ0v) is 9.43. The lowest BCUT2D eigenvalue weighted by atomic mass is 10.2. The molecule has 0 aliphatic heterocycles. The van der Waals surface area contributed by atoms with Crippen molar-refractivity contribution in [2.75, 3.05) is 18.5 Å². The van der Waals surface area contributed by atoms with Gasteiger partial charge in [-0.2, -0.15) is 0 Å². The van der Waals surface area contributed by atoms with Crippen LogP contribution in [0, 0.1) is 0 Å². The van der Waals surface area contributed by atoms with Crippen LogP contribution in [-0.2, 0) is 0 Å². The molecule has 2 rings (SSSR count). The van der Waals surface area contributed by atoms with E-state index in [1.54, 1.807) is 18.2 Å². The summed E-state index contributed by atoms with van der Waals surface area (Å²) in [5, 5.41) is 22.1. The third-order valence-corrected chi connectivity index (χ3v) is 2.50. The van der Waals surface area contributed by atoms with Gasteiger partial charge in [-0.15, -0.1) is 0 Å². The third kappa shape index (κ3) is 2.82. The molecular formula is C12H15N3O2. The standard InChI is InChI=1S/C12H15N3O2/c16-6-2-1-5-13-12-10-7-9(17)3-4-11(10)14-8-15-12/h3-4,7-8,16-17H,1-2,5-6H2,(H,13,14,15). The topological polar surface area (TPSA) is 78.3 Å². The van der Waals surface area contributed by atoms with E-state index in [0.717, 1.165) is 30.3 Å². The molecule has 0 atom stereocenters. The number of hydrogen-bond donors (Lipinski definition) is 3. The molecule has 17 heavy (non-hydrogen) atoms. The number of nitrogens with zero attached hydrogens (tertiary/aromatic N) is 2. The van der Waals surface area contributed by atoms with Gasteiger partial charge in [0.25, 0.3) is 0 Å². The molecule has 5 nitrogen and oxygen atoms in total. The number of fused-ring (bicyclic) bond motifs is 1. The predicted octanol–water partition coefficient (Wildman–Crippen LogP) is 1.52. The molecule has 90 valence electrons. The normalized spacial score (nSPS) is 10.6. The van der Waals surface area contributed by atoms with E-state index in [0.29, 0.717) is 5.82 Å². The van der Waals surface area contributed by atoms with Crippen LogP contribution in [0.1, 0.15) is 12.8 Å². The smallest absolute Gasteiger partial charge is 0.137 e. The van der Waals surface area contributed by atoms with Gasteiger partial charge in [-0.3, -0.25) is 0 Å². The summed E-state index contributed by atoms with van der Waals surface area (Å²) < 4.78 is 0. The van der Waals surface area contributed by atoms with Gasteiger partial charge in [-0.1, -0.05) is 0 Å². The molecule has 0 saturated carbocycles. The van der Waals surface area contributed by atoms with Crippen molar-refractivity contribution < 1.29 is 10.2 Å². The van der Waals surface area contributed by atoms with Crippen LogP contribution in [0.5, 0.6) is 5.75 Å². The Morgan fingerprint density at radius 2 is 2.06 bits per heavy atom. The maximum atomic E-state index is 9.45. The van der Waals surface area contributed by atoms with E-state index < -0.39 is 0 Å². The van der Waals surface area contributed by atoms with Gasteiger partial charge in [-0.25, -0.2) is 9.97 Å². The van der Waals surface area contributed by atoms with Crippen LogP contribution in [-0.4, -0.2) is 33.3 Å². The number of benzene rings is 1. The van der Waals surface area contributed by atoms with Gasteiger partial charge in [0.15, 0.2) is 0 Å². The first-order valence-electron chi connectivity index (χ1n) is 5.60. The lowest BCUT2D eigenvalue weighted by Crippen LogP contribution is -2.04. The number of aromatic hydroxyl groups is 1. The predicted molar refractivity (Wildman–Crippen MR) is 66.0 cm³/mol. The molecule has 0 radical (unpaired) electrons. The van der Waals surface area contributed by atoms with Crippen LogP contribution in [0.25, 0.3) is 10.9 Å². The summed E-state index contributed by atoms with van der Waals surface area (Å²) in [5.41, 5.74) is 0.794. The molecule has 3 N–H and O–H groups in total. The van der Waals surface area contributed by atoms with Crippen LogP contribution >= 0.6 is 0 Å². The van der Waals surface area contributed by atoms with Gasteiger partial charge < -0.3 is 15.5 Å². The number of aromatic nitrogens is 2. The number of phenols is 1. The molecule has 2 aromatic rings. The van der Waals surface area contributed by atoms with Crippen molar-refractivity contribution in [2.24, 2.45) is 0 Å². The molecule has 0 spiro atoms. The van der Waals surface area contributed by atoms with Gasteiger partial charge in [-0.05, 0) is 31.0 Å². The molecule has 0 saturated heterocycles. The lowest BCUT2D eigenvalue weighted by molar-refractivity contribution is 0.286. The summed E-state index contributed by atoms with van der Waals surface area (Å²) >= 11 is 0. The largest absolute Gasteiger partial charge is 0.508 e. The summed E-state index contributed by atoms with van der Waals surface area (Å²) in [5.74, 6) is 0.912. The highest BCUT2D eigenvalue weighted by atomic mass is 16.3. The second kappa shape index (κ2) is 5.45. The van der Waals surface area contributed by atoms with Crippen molar-refractivity contribution in [2.45, 2.75) is 12.8 Å². The summed E-state index contributed by atoms with van der Waals surface area (Å²) in [4.78, 5) is 8.27. The van der Waals surface area contributed by atoms with Gasteiger partial charge in [0.2, 0.25) is 0 Å². The van der Waals surface area contributed by atoms with Crippen molar-refractivity contribution >= 4 is 16.7 Å². The summed E-state index contributed by atoms with van der Waals surface area (Å²) in [6, 6.07) is 5.00. The van der Waals surface area contributed by atoms with Crippen LogP contribution in [0.2, 0.25) is 0 Å². The van der Waals surface area contributed by atoms with E-state index in [9.17, 15) is 5.11 Å². The molecule has 0 amide bonds. The van der Waals surface area contributed by atoms with E-state index in [2.05, 4.69) is 15.3 Å². The zero-order chi connectivity index (χ0) is 12.1. The first-order valence-corrected chi connectivity index (χ1v) is 5.60. The third-order valence-electron chi connectivity index (χ3n) is 2.50. The van der Waals surface area contributed by atoms with Gasteiger partial charge in [0.1, 0.15) is 17.9 Å². The van der Waals surface area contributed by atoms with E-state index in [4.69, 9.17) is 5.11 Å². The van der Waals surface area contributed by atoms with Crippen molar-refractivity contribution in [1.29, 1.82) is 0 Å². The molecule has 1 aromatic carbocycles. The fourth-order valence-electron chi connectivity index (χ4n) is 1.63. The number of anilines is 1. The first-order chi connectivity index (χ1) is 8.31. The minimum absolute atomic E-state index is 0.200. The number of rotatable bonds is 5. The molecule has 0 bridgehead atoms. The van der Waals surface area contributed by atoms with Gasteiger partial charge in [0.05, 0.1) is 5.52 Å². The van der Waals surface area contributed by atoms with Gasteiger partial charge >= 0.3 is 0 Å². The SMILES string of the molecule is OCCCCNc1ncnc2ccc(O)cc12. The average Bonchev–Trinajstić information content (AvgIpc) is 2.35. The number of aliphatic hydroxyl groups excluding tert-OH is 1. The van der Waals surface area contributed by atoms with E-state index in [1.165, 1.54) is 6.33 Å². The fourth-order valence-corrected chi connectivity index (χ4v) is 1.63.